The maximum atomic E-state index is 12.3. The Morgan fingerprint density at radius 2 is 2.12 bits per heavy atom. The molecule has 0 spiro atoms. The van der Waals surface area contributed by atoms with Crippen LogP contribution >= 0.6 is 0 Å². The van der Waals surface area contributed by atoms with Crippen LogP contribution in [0.5, 0.6) is 0 Å². The summed E-state index contributed by atoms with van der Waals surface area (Å²) < 4.78 is 0. The summed E-state index contributed by atoms with van der Waals surface area (Å²) in [5.41, 5.74) is 2.12. The molecule has 132 valence electrons. The van der Waals surface area contributed by atoms with E-state index in [0.717, 1.165) is 51.3 Å². The number of hydrogen-bond donors (Lipinski definition) is 3. The third-order valence-corrected chi connectivity index (χ3v) is 5.50. The van der Waals surface area contributed by atoms with Gasteiger partial charge >= 0.3 is 0 Å². The van der Waals surface area contributed by atoms with Gasteiger partial charge in [-0.15, -0.1) is 0 Å². The average Bonchev–Trinajstić information content (AvgIpc) is 2.54. The number of aliphatic hydroxyl groups excluding tert-OH is 1. The first-order valence-electron chi connectivity index (χ1n) is 9.09. The zero-order chi connectivity index (χ0) is 16.9. The SMILES string of the molecule is CC(C(=O)Nc1cccc(CN2CCC(CO)CC2)c1)C1CNC1. The lowest BCUT2D eigenvalue weighted by Gasteiger charge is -2.32. The molecule has 1 aromatic rings. The molecular weight excluding hydrogens is 302 g/mol. The fraction of sp³-hybridized carbons (Fsp3) is 0.632. The Labute approximate surface area is 144 Å². The van der Waals surface area contributed by atoms with Crippen LogP contribution in [-0.4, -0.2) is 48.7 Å². The Morgan fingerprint density at radius 3 is 2.75 bits per heavy atom. The van der Waals surface area contributed by atoms with Crippen molar-refractivity contribution in [2.24, 2.45) is 17.8 Å². The summed E-state index contributed by atoms with van der Waals surface area (Å²) in [6.45, 7) is 7.18. The first-order chi connectivity index (χ1) is 11.7. The summed E-state index contributed by atoms with van der Waals surface area (Å²) in [7, 11) is 0. The van der Waals surface area contributed by atoms with Gasteiger partial charge < -0.3 is 15.7 Å². The number of nitrogens with zero attached hydrogens (tertiary/aromatic N) is 1. The Balaban J connectivity index is 1.53. The number of benzene rings is 1. The summed E-state index contributed by atoms with van der Waals surface area (Å²) in [4.78, 5) is 14.8. The molecule has 0 bridgehead atoms. The minimum absolute atomic E-state index is 0.0485. The first kappa shape index (κ1) is 17.4. The Kier molecular flexibility index (Phi) is 5.87. The van der Waals surface area contributed by atoms with E-state index in [0.29, 0.717) is 18.4 Å². The summed E-state index contributed by atoms with van der Waals surface area (Å²) in [5.74, 6) is 1.09. The monoisotopic (exact) mass is 331 g/mol. The summed E-state index contributed by atoms with van der Waals surface area (Å²) in [6.07, 6.45) is 2.14. The molecular formula is C19H29N3O2. The molecule has 0 aliphatic carbocycles. The Morgan fingerprint density at radius 1 is 1.38 bits per heavy atom. The molecule has 1 atom stereocenters. The first-order valence-corrected chi connectivity index (χ1v) is 9.09. The van der Waals surface area contributed by atoms with E-state index >= 15 is 0 Å². The van der Waals surface area contributed by atoms with E-state index in [9.17, 15) is 9.90 Å². The standard InChI is InChI=1S/C19H29N3O2/c1-14(17-10-20-11-17)19(24)21-18-4-2-3-16(9-18)12-22-7-5-15(13-23)6-8-22/h2-4,9,14-15,17,20,23H,5-8,10-13H2,1H3,(H,21,24). The van der Waals surface area contributed by atoms with Crippen LogP contribution in [0.1, 0.15) is 25.3 Å². The number of anilines is 1. The average molecular weight is 331 g/mol. The fourth-order valence-corrected chi connectivity index (χ4v) is 3.47. The van der Waals surface area contributed by atoms with Crippen molar-refractivity contribution < 1.29 is 9.90 Å². The normalized spacial score (nSPS) is 21.2. The van der Waals surface area contributed by atoms with E-state index in [1.54, 1.807) is 0 Å². The van der Waals surface area contributed by atoms with Gasteiger partial charge in [-0.1, -0.05) is 19.1 Å². The van der Waals surface area contributed by atoms with Crippen LogP contribution in [0.4, 0.5) is 5.69 Å². The number of rotatable bonds is 6. The smallest absolute Gasteiger partial charge is 0.227 e. The van der Waals surface area contributed by atoms with E-state index in [4.69, 9.17) is 0 Å². The number of carbonyl (C=O) groups excluding carboxylic acids is 1. The largest absolute Gasteiger partial charge is 0.396 e. The molecule has 0 saturated carbocycles. The van der Waals surface area contributed by atoms with Gasteiger partial charge in [0.25, 0.3) is 0 Å². The second kappa shape index (κ2) is 8.10. The van der Waals surface area contributed by atoms with Crippen molar-refractivity contribution in [3.63, 3.8) is 0 Å². The molecule has 2 saturated heterocycles. The number of amides is 1. The number of hydrogen-bond acceptors (Lipinski definition) is 4. The maximum absolute atomic E-state index is 12.3. The molecule has 5 heteroatoms. The highest BCUT2D eigenvalue weighted by atomic mass is 16.3. The van der Waals surface area contributed by atoms with Crippen molar-refractivity contribution in [2.45, 2.75) is 26.3 Å². The molecule has 2 heterocycles. The zero-order valence-electron chi connectivity index (χ0n) is 14.5. The Hall–Kier alpha value is -1.43. The van der Waals surface area contributed by atoms with Crippen LogP contribution in [0.3, 0.4) is 0 Å². The van der Waals surface area contributed by atoms with Crippen molar-refractivity contribution in [3.8, 4) is 0 Å². The van der Waals surface area contributed by atoms with Crippen LogP contribution in [0, 0.1) is 17.8 Å². The number of carbonyl (C=O) groups is 1. The topological polar surface area (TPSA) is 64.6 Å². The van der Waals surface area contributed by atoms with Crippen molar-refractivity contribution in [2.75, 3.05) is 38.1 Å². The van der Waals surface area contributed by atoms with Crippen molar-refractivity contribution in [3.05, 3.63) is 29.8 Å². The van der Waals surface area contributed by atoms with Gasteiger partial charge in [0.2, 0.25) is 5.91 Å². The van der Waals surface area contributed by atoms with E-state index < -0.39 is 0 Å². The fourth-order valence-electron chi connectivity index (χ4n) is 3.47. The highest BCUT2D eigenvalue weighted by Crippen LogP contribution is 2.21. The molecule has 0 aromatic heterocycles. The molecule has 0 radical (unpaired) electrons. The molecule has 2 aliphatic rings. The highest BCUT2D eigenvalue weighted by Gasteiger charge is 2.28. The van der Waals surface area contributed by atoms with Gasteiger partial charge in [0.15, 0.2) is 0 Å². The van der Waals surface area contributed by atoms with E-state index in [2.05, 4.69) is 27.7 Å². The molecule has 1 aromatic carbocycles. The quantitative estimate of drug-likeness (QED) is 0.742. The van der Waals surface area contributed by atoms with Gasteiger partial charge in [-0.25, -0.2) is 0 Å². The number of piperidine rings is 1. The van der Waals surface area contributed by atoms with Crippen molar-refractivity contribution in [1.29, 1.82) is 0 Å². The van der Waals surface area contributed by atoms with Crippen LogP contribution in [0.25, 0.3) is 0 Å². The molecule has 2 aliphatic heterocycles. The van der Waals surface area contributed by atoms with Gasteiger partial charge in [0.1, 0.15) is 0 Å². The molecule has 5 nitrogen and oxygen atoms in total. The van der Waals surface area contributed by atoms with E-state index in [-0.39, 0.29) is 11.8 Å². The molecule has 2 fully saturated rings. The van der Waals surface area contributed by atoms with Crippen molar-refractivity contribution in [1.82, 2.24) is 10.2 Å². The molecule has 3 rings (SSSR count). The predicted molar refractivity (Wildman–Crippen MR) is 95.7 cm³/mol. The number of likely N-dealkylation sites (tertiary alicyclic amines) is 1. The van der Waals surface area contributed by atoms with E-state index in [1.807, 2.05) is 19.1 Å². The van der Waals surface area contributed by atoms with Crippen molar-refractivity contribution >= 4 is 11.6 Å². The van der Waals surface area contributed by atoms with Crippen LogP contribution in [0.15, 0.2) is 24.3 Å². The lowest BCUT2D eigenvalue weighted by Crippen LogP contribution is -2.48. The third kappa shape index (κ3) is 4.35. The lowest BCUT2D eigenvalue weighted by atomic mass is 9.88. The predicted octanol–water partition coefficient (Wildman–Crippen LogP) is 1.68. The van der Waals surface area contributed by atoms with Gasteiger partial charge in [-0.2, -0.15) is 0 Å². The molecule has 24 heavy (non-hydrogen) atoms. The van der Waals surface area contributed by atoms with Crippen LogP contribution < -0.4 is 10.6 Å². The third-order valence-electron chi connectivity index (χ3n) is 5.50. The molecule has 1 amide bonds. The minimum atomic E-state index is 0.0485. The number of aliphatic hydroxyl groups is 1. The van der Waals surface area contributed by atoms with Crippen LogP contribution in [-0.2, 0) is 11.3 Å². The Bertz CT molecular complexity index is 551. The second-order valence-electron chi connectivity index (χ2n) is 7.30. The van der Waals surface area contributed by atoms with Gasteiger partial charge in [0, 0.05) is 24.8 Å². The van der Waals surface area contributed by atoms with Crippen LogP contribution in [0.2, 0.25) is 0 Å². The van der Waals surface area contributed by atoms with Gasteiger partial charge in [-0.3, -0.25) is 9.69 Å². The molecule has 3 N–H and O–H groups in total. The second-order valence-corrected chi connectivity index (χ2v) is 7.30. The van der Waals surface area contributed by atoms with Gasteiger partial charge in [0.05, 0.1) is 0 Å². The lowest BCUT2D eigenvalue weighted by molar-refractivity contribution is -0.121. The summed E-state index contributed by atoms with van der Waals surface area (Å²) in [6, 6.07) is 8.18. The zero-order valence-corrected chi connectivity index (χ0v) is 14.5. The summed E-state index contributed by atoms with van der Waals surface area (Å²) in [5, 5.41) is 15.5. The maximum Gasteiger partial charge on any atom is 0.227 e. The minimum Gasteiger partial charge on any atom is -0.396 e. The van der Waals surface area contributed by atoms with Gasteiger partial charge in [-0.05, 0) is 68.6 Å². The van der Waals surface area contributed by atoms with E-state index in [1.165, 1.54) is 5.56 Å². The molecule has 1 unspecified atom stereocenters. The summed E-state index contributed by atoms with van der Waals surface area (Å²) >= 11 is 0. The highest BCUT2D eigenvalue weighted by molar-refractivity contribution is 5.92. The number of nitrogens with one attached hydrogen (secondary N) is 2.